The van der Waals surface area contributed by atoms with Crippen LogP contribution in [-0.2, 0) is 0 Å². The number of nitrogens with one attached hydrogen (secondary N) is 1. The number of hydrogen-bond donors (Lipinski definition) is 3. The van der Waals surface area contributed by atoms with Crippen molar-refractivity contribution in [2.24, 2.45) is 17.6 Å². The third-order valence-electron chi connectivity index (χ3n) is 3.96. The van der Waals surface area contributed by atoms with Gasteiger partial charge in [0.05, 0.1) is 0 Å². The third kappa shape index (κ3) is 3.16. The van der Waals surface area contributed by atoms with Gasteiger partial charge in [-0.3, -0.25) is 0 Å². The van der Waals surface area contributed by atoms with E-state index in [1.165, 1.54) is 19.3 Å². The van der Waals surface area contributed by atoms with Crippen LogP contribution in [0.25, 0.3) is 0 Å². The Morgan fingerprint density at radius 3 is 2.73 bits per heavy atom. The van der Waals surface area contributed by atoms with Crippen molar-refractivity contribution >= 4 is 0 Å². The lowest BCUT2D eigenvalue weighted by Gasteiger charge is -2.45. The van der Waals surface area contributed by atoms with Crippen molar-refractivity contribution in [2.45, 2.75) is 45.1 Å². The number of hydrogen-bond acceptors (Lipinski definition) is 3. The molecule has 15 heavy (non-hydrogen) atoms. The van der Waals surface area contributed by atoms with E-state index in [0.29, 0.717) is 12.5 Å². The molecule has 1 fully saturated rings. The second-order valence-electron chi connectivity index (χ2n) is 5.14. The van der Waals surface area contributed by atoms with E-state index in [2.05, 4.69) is 19.2 Å². The van der Waals surface area contributed by atoms with Crippen LogP contribution >= 0.6 is 0 Å². The first-order chi connectivity index (χ1) is 7.14. The van der Waals surface area contributed by atoms with Gasteiger partial charge in [0, 0.05) is 18.7 Å². The van der Waals surface area contributed by atoms with Gasteiger partial charge in [-0.25, -0.2) is 0 Å². The molecule has 0 aromatic carbocycles. The smallest absolute Gasteiger partial charge is 0.0443 e. The van der Waals surface area contributed by atoms with Crippen molar-refractivity contribution in [2.75, 3.05) is 19.7 Å². The lowest BCUT2D eigenvalue weighted by molar-refractivity contribution is 0.127. The summed E-state index contributed by atoms with van der Waals surface area (Å²) in [7, 11) is 0. The Kier molecular flexibility index (Phi) is 5.03. The van der Waals surface area contributed by atoms with E-state index < -0.39 is 0 Å². The van der Waals surface area contributed by atoms with Gasteiger partial charge >= 0.3 is 0 Å². The Hall–Kier alpha value is -0.120. The second kappa shape index (κ2) is 5.83. The molecule has 0 aromatic heterocycles. The fourth-order valence-electron chi connectivity index (χ4n) is 2.75. The molecule has 3 unspecified atom stereocenters. The number of rotatable bonds is 5. The van der Waals surface area contributed by atoms with Gasteiger partial charge in [0.25, 0.3) is 0 Å². The molecule has 0 spiro atoms. The van der Waals surface area contributed by atoms with Crippen molar-refractivity contribution in [1.82, 2.24) is 5.32 Å². The highest BCUT2D eigenvalue weighted by molar-refractivity contribution is 4.97. The minimum atomic E-state index is 0.127. The van der Waals surface area contributed by atoms with Gasteiger partial charge in [0.15, 0.2) is 0 Å². The van der Waals surface area contributed by atoms with E-state index in [9.17, 15) is 0 Å². The molecule has 1 aliphatic rings. The highest BCUT2D eigenvalue weighted by atomic mass is 16.3. The maximum Gasteiger partial charge on any atom is 0.0443 e. The minimum absolute atomic E-state index is 0.127. The maximum atomic E-state index is 8.79. The van der Waals surface area contributed by atoms with Gasteiger partial charge in [-0.1, -0.05) is 13.8 Å². The molecule has 4 N–H and O–H groups in total. The first-order valence-corrected chi connectivity index (χ1v) is 6.20. The highest BCUT2D eigenvalue weighted by Crippen LogP contribution is 2.36. The summed E-state index contributed by atoms with van der Waals surface area (Å²) in [6.45, 7) is 6.48. The van der Waals surface area contributed by atoms with Crippen LogP contribution in [0.5, 0.6) is 0 Å². The second-order valence-corrected chi connectivity index (χ2v) is 5.14. The van der Waals surface area contributed by atoms with Crippen molar-refractivity contribution in [3.8, 4) is 0 Å². The molecular formula is C12H26N2O. The summed E-state index contributed by atoms with van der Waals surface area (Å²) in [5.74, 6) is 1.48. The summed E-state index contributed by atoms with van der Waals surface area (Å²) in [6.07, 6.45) is 4.54. The Labute approximate surface area is 93.4 Å². The van der Waals surface area contributed by atoms with Gasteiger partial charge in [-0.15, -0.1) is 0 Å². The molecule has 1 rings (SSSR count). The third-order valence-corrected chi connectivity index (χ3v) is 3.96. The molecule has 0 aliphatic heterocycles. The average molecular weight is 214 g/mol. The van der Waals surface area contributed by atoms with E-state index in [4.69, 9.17) is 10.8 Å². The van der Waals surface area contributed by atoms with E-state index in [1.807, 2.05) is 0 Å². The van der Waals surface area contributed by atoms with Crippen molar-refractivity contribution in [3.63, 3.8) is 0 Å². The number of aliphatic hydroxyl groups excluding tert-OH is 1. The average Bonchev–Trinajstić information content (AvgIpc) is 2.22. The zero-order valence-corrected chi connectivity index (χ0v) is 10.1. The summed E-state index contributed by atoms with van der Waals surface area (Å²) < 4.78 is 0. The normalized spacial score (nSPS) is 36.8. The van der Waals surface area contributed by atoms with Gasteiger partial charge in [-0.2, -0.15) is 0 Å². The fraction of sp³-hybridized carbons (Fsp3) is 1.00. The first-order valence-electron chi connectivity index (χ1n) is 6.20. The summed E-state index contributed by atoms with van der Waals surface area (Å²) in [6, 6.07) is 0. The maximum absolute atomic E-state index is 8.79. The summed E-state index contributed by atoms with van der Waals surface area (Å²) >= 11 is 0. The first kappa shape index (κ1) is 12.9. The van der Waals surface area contributed by atoms with Crippen LogP contribution in [-0.4, -0.2) is 30.3 Å². The quantitative estimate of drug-likeness (QED) is 0.601. The summed E-state index contributed by atoms with van der Waals surface area (Å²) in [4.78, 5) is 0. The van der Waals surface area contributed by atoms with E-state index in [1.54, 1.807) is 0 Å². The van der Waals surface area contributed by atoms with Crippen LogP contribution in [0.4, 0.5) is 0 Å². The molecule has 1 saturated carbocycles. The minimum Gasteiger partial charge on any atom is -0.396 e. The van der Waals surface area contributed by atoms with Gasteiger partial charge in [-0.05, 0) is 44.1 Å². The molecule has 0 heterocycles. The van der Waals surface area contributed by atoms with Crippen LogP contribution in [0, 0.1) is 11.8 Å². The molecular weight excluding hydrogens is 188 g/mol. The van der Waals surface area contributed by atoms with Crippen LogP contribution in [0.2, 0.25) is 0 Å². The number of nitrogens with two attached hydrogens (primary N) is 1. The zero-order chi connectivity index (χ0) is 11.3. The largest absolute Gasteiger partial charge is 0.396 e. The molecule has 0 radical (unpaired) electrons. The molecule has 3 heteroatoms. The Morgan fingerprint density at radius 2 is 2.20 bits per heavy atom. The molecule has 3 nitrogen and oxygen atoms in total. The Morgan fingerprint density at radius 1 is 1.47 bits per heavy atom. The predicted octanol–water partition coefficient (Wildman–Crippen LogP) is 1.11. The van der Waals surface area contributed by atoms with E-state index in [-0.39, 0.29) is 12.1 Å². The van der Waals surface area contributed by atoms with Crippen molar-refractivity contribution in [1.29, 1.82) is 0 Å². The Balaban J connectivity index is 2.50. The molecule has 0 amide bonds. The molecule has 0 bridgehead atoms. The molecule has 3 atom stereocenters. The number of aliphatic hydroxyl groups is 1. The van der Waals surface area contributed by atoms with Crippen molar-refractivity contribution < 1.29 is 5.11 Å². The van der Waals surface area contributed by atoms with Crippen LogP contribution < -0.4 is 11.1 Å². The van der Waals surface area contributed by atoms with Gasteiger partial charge < -0.3 is 16.2 Å². The van der Waals surface area contributed by atoms with Crippen LogP contribution in [0.15, 0.2) is 0 Å². The van der Waals surface area contributed by atoms with Crippen molar-refractivity contribution in [3.05, 3.63) is 0 Å². The van der Waals surface area contributed by atoms with E-state index >= 15 is 0 Å². The Bertz CT molecular complexity index is 186. The lowest BCUT2D eigenvalue weighted by atomic mass is 9.70. The summed E-state index contributed by atoms with van der Waals surface area (Å²) in [5.41, 5.74) is 6.06. The predicted molar refractivity (Wildman–Crippen MR) is 63.7 cm³/mol. The van der Waals surface area contributed by atoms with Crippen LogP contribution in [0.3, 0.4) is 0 Å². The van der Waals surface area contributed by atoms with Gasteiger partial charge in [0.1, 0.15) is 0 Å². The topological polar surface area (TPSA) is 58.3 Å². The summed E-state index contributed by atoms with van der Waals surface area (Å²) in [5, 5.41) is 12.4. The molecule has 1 aliphatic carbocycles. The SMILES string of the molecule is CC1CCC(CN)(NCCCO)C(C)C1. The highest BCUT2D eigenvalue weighted by Gasteiger charge is 2.38. The monoisotopic (exact) mass is 214 g/mol. The fourth-order valence-corrected chi connectivity index (χ4v) is 2.75. The molecule has 0 aromatic rings. The zero-order valence-electron chi connectivity index (χ0n) is 10.1. The van der Waals surface area contributed by atoms with Crippen LogP contribution in [0.1, 0.15) is 39.5 Å². The molecule has 0 saturated heterocycles. The van der Waals surface area contributed by atoms with Gasteiger partial charge in [0.2, 0.25) is 0 Å². The standard InChI is InChI=1S/C12H26N2O/c1-10-4-5-12(9-13,11(2)8-10)14-6-3-7-15/h10-11,14-15H,3-9,13H2,1-2H3. The molecule has 90 valence electrons. The van der Waals surface area contributed by atoms with E-state index in [0.717, 1.165) is 18.9 Å². The lowest BCUT2D eigenvalue weighted by Crippen LogP contribution is -2.58.